The molecule has 8 nitrogen and oxygen atoms in total. The topological polar surface area (TPSA) is 88.2 Å². The highest BCUT2D eigenvalue weighted by atomic mass is 35.5. The van der Waals surface area contributed by atoms with Crippen LogP contribution in [0.1, 0.15) is 52.5 Å². The first kappa shape index (κ1) is 31.1. The summed E-state index contributed by atoms with van der Waals surface area (Å²) in [6.07, 6.45) is 8.50. The first-order valence-electron chi connectivity index (χ1n) is 15.8. The summed E-state index contributed by atoms with van der Waals surface area (Å²) < 4.78 is 11.0. The maximum absolute atomic E-state index is 14.2. The molecule has 0 radical (unpaired) electrons. The van der Waals surface area contributed by atoms with Crippen LogP contribution in [-0.4, -0.2) is 44.7 Å². The molecule has 1 N–H and O–H groups in total. The highest BCUT2D eigenvalue weighted by Gasteiger charge is 2.40. The number of benzene rings is 4. The smallest absolute Gasteiger partial charge is 0.335 e. The van der Waals surface area contributed by atoms with Gasteiger partial charge in [0.05, 0.1) is 17.8 Å². The van der Waals surface area contributed by atoms with E-state index in [1.165, 1.54) is 30.4 Å². The molecule has 0 spiro atoms. The number of terminal acetylenes is 1. The van der Waals surface area contributed by atoms with Crippen LogP contribution < -0.4 is 24.6 Å². The third-order valence-corrected chi connectivity index (χ3v) is 9.50. The van der Waals surface area contributed by atoms with Crippen molar-refractivity contribution in [3.8, 4) is 23.8 Å². The van der Waals surface area contributed by atoms with Gasteiger partial charge >= 0.3 is 6.03 Å². The van der Waals surface area contributed by atoms with Crippen LogP contribution in [0.4, 0.5) is 16.2 Å². The molecule has 4 aromatic rings. The van der Waals surface area contributed by atoms with Crippen molar-refractivity contribution >= 4 is 46.9 Å². The molecule has 0 aliphatic carbocycles. The van der Waals surface area contributed by atoms with Gasteiger partial charge in [0.2, 0.25) is 0 Å². The van der Waals surface area contributed by atoms with Gasteiger partial charge in [-0.25, -0.2) is 9.69 Å². The summed E-state index contributed by atoms with van der Waals surface area (Å²) in [6, 6.07) is 26.8. The van der Waals surface area contributed by atoms with Gasteiger partial charge in [0.25, 0.3) is 11.8 Å². The average molecular weight is 658 g/mol. The number of halogens is 1. The Morgan fingerprint density at radius 1 is 0.917 bits per heavy atom. The van der Waals surface area contributed by atoms with E-state index in [9.17, 15) is 14.4 Å². The zero-order valence-electron chi connectivity index (χ0n) is 26.2. The van der Waals surface area contributed by atoms with Crippen molar-refractivity contribution < 1.29 is 23.9 Å². The molecule has 9 heteroatoms. The van der Waals surface area contributed by atoms with Gasteiger partial charge in [-0.3, -0.25) is 14.9 Å². The van der Waals surface area contributed by atoms with Crippen molar-refractivity contribution in [2.75, 3.05) is 36.6 Å². The second-order valence-corrected chi connectivity index (χ2v) is 12.4. The number of hydrogen-bond donors (Lipinski definition) is 1. The molecule has 0 unspecified atom stereocenters. The molecule has 48 heavy (non-hydrogen) atoms. The maximum Gasteiger partial charge on any atom is 0.335 e. The Kier molecular flexibility index (Phi) is 8.38. The number of nitrogens with one attached hydrogen (secondary N) is 1. The fourth-order valence-electron chi connectivity index (χ4n) is 7.10. The highest BCUT2D eigenvalue weighted by Crippen LogP contribution is 2.50. The molecule has 240 valence electrons. The SMILES string of the molecule is C#CCOc1c(Cl)cc(/C=C2\C(=O)NC(=O)N(c3cc4c5c(c3)[C@H](c3ccccc3)CCN5CC[C@@H]4c3ccccc3)C2=O)cc1OC. The van der Waals surface area contributed by atoms with E-state index in [2.05, 4.69) is 40.4 Å². The van der Waals surface area contributed by atoms with E-state index in [0.29, 0.717) is 11.3 Å². The lowest BCUT2D eigenvalue weighted by Gasteiger charge is -2.44. The molecule has 1 saturated heterocycles. The summed E-state index contributed by atoms with van der Waals surface area (Å²) in [5.41, 5.74) is 6.20. The molecule has 7 rings (SSSR count). The Morgan fingerprint density at radius 3 is 2.08 bits per heavy atom. The summed E-state index contributed by atoms with van der Waals surface area (Å²) in [4.78, 5) is 44.4. The predicted octanol–water partition coefficient (Wildman–Crippen LogP) is 6.90. The van der Waals surface area contributed by atoms with Crippen molar-refractivity contribution in [1.82, 2.24) is 5.32 Å². The van der Waals surface area contributed by atoms with Crippen molar-refractivity contribution in [3.05, 3.63) is 123 Å². The fraction of sp³-hybridized carbons (Fsp3) is 0.205. The summed E-state index contributed by atoms with van der Waals surface area (Å²) in [5, 5.41) is 2.56. The van der Waals surface area contributed by atoms with E-state index in [1.807, 2.05) is 48.5 Å². The number of amides is 4. The van der Waals surface area contributed by atoms with Crippen molar-refractivity contribution in [1.29, 1.82) is 0 Å². The van der Waals surface area contributed by atoms with E-state index in [1.54, 1.807) is 6.07 Å². The summed E-state index contributed by atoms with van der Waals surface area (Å²) in [5.74, 6) is 1.48. The predicted molar refractivity (Wildman–Crippen MR) is 186 cm³/mol. The molecule has 2 atom stereocenters. The first-order valence-corrected chi connectivity index (χ1v) is 16.1. The number of hydrogen-bond acceptors (Lipinski definition) is 6. The lowest BCUT2D eigenvalue weighted by atomic mass is 9.76. The molecular formula is C39H32ClN3O5. The van der Waals surface area contributed by atoms with Crippen LogP contribution in [0.25, 0.3) is 6.08 Å². The normalized spacial score (nSPS) is 19.4. The monoisotopic (exact) mass is 657 g/mol. The standard InChI is InChI=1S/C39H32ClN3O5/c1-3-18-48-36-33(40)20-24(21-34(36)47-2)19-32-37(44)41-39(46)43(38(32)45)27-22-30-28(25-10-6-4-7-11-25)14-16-42-17-15-29(31(23-27)35(30)42)26-12-8-5-9-13-26/h1,4-13,19-23,28-29H,14-18H2,2H3,(H,41,44,46)/b32-19+/t28-,29+. The lowest BCUT2D eigenvalue weighted by molar-refractivity contribution is -0.122. The molecule has 4 aromatic carbocycles. The fourth-order valence-corrected chi connectivity index (χ4v) is 7.38. The van der Waals surface area contributed by atoms with Crippen molar-refractivity contribution in [3.63, 3.8) is 0 Å². The van der Waals surface area contributed by atoms with E-state index >= 15 is 0 Å². The number of barbiturate groups is 1. The molecule has 3 aliphatic rings. The Bertz CT molecular complexity index is 1930. The van der Waals surface area contributed by atoms with Gasteiger partial charge in [-0.05, 0) is 71.0 Å². The van der Waals surface area contributed by atoms with Gasteiger partial charge in [-0.15, -0.1) is 6.42 Å². The van der Waals surface area contributed by atoms with E-state index in [-0.39, 0.29) is 40.5 Å². The van der Waals surface area contributed by atoms with Gasteiger partial charge in [0, 0.05) is 30.6 Å². The molecule has 3 heterocycles. The van der Waals surface area contributed by atoms with Crippen LogP contribution in [-0.2, 0) is 9.59 Å². The van der Waals surface area contributed by atoms with Gasteiger partial charge < -0.3 is 14.4 Å². The third-order valence-electron chi connectivity index (χ3n) is 9.22. The van der Waals surface area contributed by atoms with Crippen molar-refractivity contribution in [2.24, 2.45) is 0 Å². The second kappa shape index (κ2) is 12.9. The molecule has 3 aliphatic heterocycles. The molecule has 0 saturated carbocycles. The van der Waals surface area contributed by atoms with Crippen LogP contribution in [0, 0.1) is 12.3 Å². The largest absolute Gasteiger partial charge is 0.493 e. The Morgan fingerprint density at radius 2 is 1.52 bits per heavy atom. The van der Waals surface area contributed by atoms with Crippen LogP contribution in [0.15, 0.2) is 90.5 Å². The van der Waals surface area contributed by atoms with E-state index in [0.717, 1.165) is 47.6 Å². The van der Waals surface area contributed by atoms with Crippen molar-refractivity contribution in [2.45, 2.75) is 24.7 Å². The number of urea groups is 1. The quantitative estimate of drug-likeness (QED) is 0.132. The van der Waals surface area contributed by atoms with Crippen LogP contribution in [0.3, 0.4) is 0 Å². The lowest BCUT2D eigenvalue weighted by Crippen LogP contribution is -2.54. The second-order valence-electron chi connectivity index (χ2n) is 11.9. The number of nitrogens with zero attached hydrogens (tertiary/aromatic N) is 2. The number of carbonyl (C=O) groups is 3. The minimum atomic E-state index is -0.807. The number of carbonyl (C=O) groups excluding carboxylic acids is 3. The molecular weight excluding hydrogens is 626 g/mol. The van der Waals surface area contributed by atoms with Crippen LogP contribution >= 0.6 is 11.6 Å². The Labute approximate surface area is 283 Å². The van der Waals surface area contributed by atoms with Gasteiger partial charge in [-0.2, -0.15) is 0 Å². The Balaban J connectivity index is 1.35. The molecule has 4 amide bonds. The van der Waals surface area contributed by atoms with Crippen LogP contribution in [0.5, 0.6) is 11.5 Å². The minimum absolute atomic E-state index is 0.0226. The van der Waals surface area contributed by atoms with E-state index < -0.39 is 17.8 Å². The van der Waals surface area contributed by atoms with Gasteiger partial charge in [0.15, 0.2) is 11.5 Å². The van der Waals surface area contributed by atoms with Crippen LogP contribution in [0.2, 0.25) is 5.02 Å². The molecule has 0 bridgehead atoms. The zero-order valence-corrected chi connectivity index (χ0v) is 27.0. The highest BCUT2D eigenvalue weighted by molar-refractivity contribution is 6.39. The van der Waals surface area contributed by atoms with Gasteiger partial charge in [0.1, 0.15) is 12.2 Å². The number of anilines is 2. The third kappa shape index (κ3) is 5.56. The number of ether oxygens (including phenoxy) is 2. The summed E-state index contributed by atoms with van der Waals surface area (Å²) >= 11 is 6.48. The number of methoxy groups -OCH3 is 1. The average Bonchev–Trinajstić information content (AvgIpc) is 3.10. The summed E-state index contributed by atoms with van der Waals surface area (Å²) in [6.45, 7) is 1.79. The first-order chi connectivity index (χ1) is 23.4. The molecule has 0 aromatic heterocycles. The van der Waals surface area contributed by atoms with E-state index in [4.69, 9.17) is 27.5 Å². The maximum atomic E-state index is 14.2. The number of rotatable bonds is 7. The minimum Gasteiger partial charge on any atom is -0.493 e. The molecule has 1 fully saturated rings. The summed E-state index contributed by atoms with van der Waals surface area (Å²) in [7, 11) is 1.44. The van der Waals surface area contributed by atoms with Gasteiger partial charge in [-0.1, -0.05) is 78.2 Å². The zero-order chi connectivity index (χ0) is 33.4. The number of imide groups is 2. The Hall–Kier alpha value is -5.52.